The van der Waals surface area contributed by atoms with Gasteiger partial charge in [-0.05, 0) is 30.7 Å². The lowest BCUT2D eigenvalue weighted by Crippen LogP contribution is -2.20. The van der Waals surface area contributed by atoms with Crippen LogP contribution in [0.15, 0.2) is 23.4 Å². The van der Waals surface area contributed by atoms with Gasteiger partial charge in [0.2, 0.25) is 0 Å². The van der Waals surface area contributed by atoms with Crippen LogP contribution in [0.25, 0.3) is 0 Å². The molecule has 4 nitrogen and oxygen atoms in total. The summed E-state index contributed by atoms with van der Waals surface area (Å²) in [5.74, 6) is 0.663. The Bertz CT molecular complexity index is 353. The van der Waals surface area contributed by atoms with Crippen molar-refractivity contribution in [1.29, 1.82) is 0 Å². The third-order valence-electron chi connectivity index (χ3n) is 1.64. The van der Waals surface area contributed by atoms with Crippen molar-refractivity contribution < 1.29 is 9.94 Å². The first-order valence-electron chi connectivity index (χ1n) is 3.99. The molecule has 1 aromatic carbocycles. The maximum Gasteiger partial charge on any atom is 0.177 e. The molecule has 76 valence electrons. The van der Waals surface area contributed by atoms with E-state index in [1.165, 1.54) is 0 Å². The summed E-state index contributed by atoms with van der Waals surface area (Å²) >= 11 is 5.83. The second kappa shape index (κ2) is 4.72. The molecule has 0 atom stereocenters. The molecule has 0 spiro atoms. The fourth-order valence-electron chi connectivity index (χ4n) is 0.893. The van der Waals surface area contributed by atoms with Crippen molar-refractivity contribution in [2.45, 2.75) is 6.92 Å². The zero-order valence-electron chi connectivity index (χ0n) is 7.70. The van der Waals surface area contributed by atoms with E-state index in [0.717, 1.165) is 5.56 Å². The summed E-state index contributed by atoms with van der Waals surface area (Å²) in [4.78, 5) is 0. The Kier molecular flexibility index (Phi) is 3.59. The SMILES string of the molecule is Cc1cc(OC/C(N)=N/O)ccc1Cl. The molecule has 0 radical (unpaired) electrons. The Morgan fingerprint density at radius 1 is 1.64 bits per heavy atom. The molecule has 0 heterocycles. The van der Waals surface area contributed by atoms with E-state index in [1.807, 2.05) is 6.92 Å². The minimum atomic E-state index is 0.0256. The van der Waals surface area contributed by atoms with E-state index in [-0.39, 0.29) is 12.4 Å². The fourth-order valence-corrected chi connectivity index (χ4v) is 1.01. The average molecular weight is 215 g/mol. The highest BCUT2D eigenvalue weighted by Gasteiger charge is 1.99. The van der Waals surface area contributed by atoms with Gasteiger partial charge in [-0.15, -0.1) is 0 Å². The standard InChI is InChI=1S/C9H11ClN2O2/c1-6-4-7(2-3-8(6)10)14-5-9(11)12-13/h2-4,13H,5H2,1H3,(H2,11,12). The normalized spacial score (nSPS) is 11.4. The molecule has 5 heteroatoms. The lowest BCUT2D eigenvalue weighted by atomic mass is 10.2. The van der Waals surface area contributed by atoms with E-state index in [0.29, 0.717) is 10.8 Å². The van der Waals surface area contributed by atoms with Gasteiger partial charge < -0.3 is 15.7 Å². The number of nitrogens with two attached hydrogens (primary N) is 1. The van der Waals surface area contributed by atoms with Gasteiger partial charge >= 0.3 is 0 Å². The first kappa shape index (κ1) is 10.7. The summed E-state index contributed by atoms with van der Waals surface area (Å²) in [6.07, 6.45) is 0. The number of aryl methyl sites for hydroxylation is 1. The molecule has 0 aromatic heterocycles. The lowest BCUT2D eigenvalue weighted by molar-refractivity contribution is 0.306. The predicted molar refractivity (Wildman–Crippen MR) is 55.1 cm³/mol. The predicted octanol–water partition coefficient (Wildman–Crippen LogP) is 1.77. The fraction of sp³-hybridized carbons (Fsp3) is 0.222. The summed E-state index contributed by atoms with van der Waals surface area (Å²) in [5.41, 5.74) is 6.16. The van der Waals surface area contributed by atoms with Gasteiger partial charge in [0, 0.05) is 5.02 Å². The number of nitrogens with zero attached hydrogens (tertiary/aromatic N) is 1. The van der Waals surface area contributed by atoms with Gasteiger partial charge in [-0.25, -0.2) is 0 Å². The topological polar surface area (TPSA) is 67.8 Å². The molecule has 0 amide bonds. The van der Waals surface area contributed by atoms with Crippen LogP contribution in [0.5, 0.6) is 5.75 Å². The minimum absolute atomic E-state index is 0.0256. The van der Waals surface area contributed by atoms with Gasteiger partial charge in [0.15, 0.2) is 5.84 Å². The van der Waals surface area contributed by atoms with Crippen LogP contribution in [0, 0.1) is 6.92 Å². The molecule has 0 aliphatic carbocycles. The third kappa shape index (κ3) is 2.81. The van der Waals surface area contributed by atoms with Gasteiger partial charge in [-0.3, -0.25) is 0 Å². The molecule has 0 bridgehead atoms. The average Bonchev–Trinajstić information content (AvgIpc) is 2.19. The highest BCUT2D eigenvalue weighted by atomic mass is 35.5. The second-order valence-electron chi connectivity index (χ2n) is 2.79. The first-order valence-corrected chi connectivity index (χ1v) is 4.36. The van der Waals surface area contributed by atoms with Crippen molar-refractivity contribution in [2.24, 2.45) is 10.9 Å². The number of halogens is 1. The molecule has 0 aliphatic rings. The summed E-state index contributed by atoms with van der Waals surface area (Å²) in [7, 11) is 0. The van der Waals surface area contributed by atoms with Crippen LogP contribution in [0.4, 0.5) is 0 Å². The van der Waals surface area contributed by atoms with Crippen molar-refractivity contribution in [3.8, 4) is 5.75 Å². The highest BCUT2D eigenvalue weighted by Crippen LogP contribution is 2.20. The minimum Gasteiger partial charge on any atom is -0.486 e. The Morgan fingerprint density at radius 3 is 2.93 bits per heavy atom. The largest absolute Gasteiger partial charge is 0.486 e. The van der Waals surface area contributed by atoms with Crippen LogP contribution in [0.3, 0.4) is 0 Å². The van der Waals surface area contributed by atoms with Gasteiger partial charge in [-0.2, -0.15) is 0 Å². The van der Waals surface area contributed by atoms with Gasteiger partial charge in [0.05, 0.1) is 0 Å². The van der Waals surface area contributed by atoms with E-state index in [2.05, 4.69) is 5.16 Å². The van der Waals surface area contributed by atoms with Gasteiger partial charge in [0.25, 0.3) is 0 Å². The van der Waals surface area contributed by atoms with Crippen LogP contribution in [-0.2, 0) is 0 Å². The smallest absolute Gasteiger partial charge is 0.177 e. The van der Waals surface area contributed by atoms with Crippen LogP contribution in [0.1, 0.15) is 5.56 Å². The number of benzene rings is 1. The summed E-state index contributed by atoms with van der Waals surface area (Å²) in [6, 6.07) is 5.24. The number of amidine groups is 1. The van der Waals surface area contributed by atoms with Crippen molar-refractivity contribution in [3.63, 3.8) is 0 Å². The van der Waals surface area contributed by atoms with Gasteiger partial charge in [-0.1, -0.05) is 16.8 Å². The quantitative estimate of drug-likeness (QED) is 0.349. The molecule has 1 aromatic rings. The number of oxime groups is 1. The number of hydrogen-bond acceptors (Lipinski definition) is 3. The lowest BCUT2D eigenvalue weighted by Gasteiger charge is -2.06. The molecule has 0 fully saturated rings. The molecule has 3 N–H and O–H groups in total. The molecular formula is C9H11ClN2O2. The monoisotopic (exact) mass is 214 g/mol. The molecule has 14 heavy (non-hydrogen) atoms. The zero-order chi connectivity index (χ0) is 10.6. The molecule has 0 unspecified atom stereocenters. The molecule has 0 aliphatic heterocycles. The number of hydrogen-bond donors (Lipinski definition) is 2. The summed E-state index contributed by atoms with van der Waals surface area (Å²) in [6.45, 7) is 1.93. The van der Waals surface area contributed by atoms with E-state index in [9.17, 15) is 0 Å². The Balaban J connectivity index is 2.64. The van der Waals surface area contributed by atoms with Crippen LogP contribution in [-0.4, -0.2) is 17.6 Å². The molecule has 0 saturated heterocycles. The maximum atomic E-state index is 8.27. The third-order valence-corrected chi connectivity index (χ3v) is 2.07. The number of ether oxygens (including phenoxy) is 1. The summed E-state index contributed by atoms with van der Waals surface area (Å²) < 4.78 is 5.22. The Labute approximate surface area is 86.9 Å². The van der Waals surface area contributed by atoms with Crippen LogP contribution in [0.2, 0.25) is 5.02 Å². The zero-order valence-corrected chi connectivity index (χ0v) is 8.45. The molecule has 1 rings (SSSR count). The highest BCUT2D eigenvalue weighted by molar-refractivity contribution is 6.31. The van der Waals surface area contributed by atoms with Gasteiger partial charge in [0.1, 0.15) is 12.4 Å². The number of rotatable bonds is 3. The van der Waals surface area contributed by atoms with E-state index in [4.69, 9.17) is 27.3 Å². The van der Waals surface area contributed by atoms with E-state index >= 15 is 0 Å². The van der Waals surface area contributed by atoms with Crippen LogP contribution < -0.4 is 10.5 Å². The van der Waals surface area contributed by atoms with Crippen molar-refractivity contribution in [1.82, 2.24) is 0 Å². The Morgan fingerprint density at radius 2 is 2.36 bits per heavy atom. The maximum absolute atomic E-state index is 8.27. The molecular weight excluding hydrogens is 204 g/mol. The van der Waals surface area contributed by atoms with E-state index in [1.54, 1.807) is 18.2 Å². The summed E-state index contributed by atoms with van der Waals surface area (Å²) in [5, 5.41) is 11.7. The van der Waals surface area contributed by atoms with E-state index < -0.39 is 0 Å². The van der Waals surface area contributed by atoms with Crippen LogP contribution >= 0.6 is 11.6 Å². The first-order chi connectivity index (χ1) is 6.63. The van der Waals surface area contributed by atoms with Crippen molar-refractivity contribution in [2.75, 3.05) is 6.61 Å². The Hall–Kier alpha value is -1.42. The molecule has 0 saturated carbocycles. The van der Waals surface area contributed by atoms with Crippen molar-refractivity contribution in [3.05, 3.63) is 28.8 Å². The second-order valence-corrected chi connectivity index (χ2v) is 3.20. The van der Waals surface area contributed by atoms with Crippen molar-refractivity contribution >= 4 is 17.4 Å².